The molecule has 0 saturated carbocycles. The topological polar surface area (TPSA) is 43.4 Å². The predicted molar refractivity (Wildman–Crippen MR) is 57.0 cm³/mol. The molecule has 2 heterocycles. The smallest absolute Gasteiger partial charge is 0.326 e. The fourth-order valence-corrected chi connectivity index (χ4v) is 3.69. The van der Waals surface area contributed by atoms with Crippen molar-refractivity contribution < 1.29 is 25.7 Å². The Balaban J connectivity index is 2.13. The molecule has 0 aliphatic carbocycles. The van der Waals surface area contributed by atoms with Crippen molar-refractivity contribution in [1.82, 2.24) is 0 Å². The molecule has 2 bridgehead atoms. The van der Waals surface area contributed by atoms with Crippen LogP contribution in [0.2, 0.25) is 11.6 Å². The minimum Gasteiger partial charge on any atom is -0.326 e. The zero-order valence-corrected chi connectivity index (χ0v) is 10.1. The Labute approximate surface area is 98.9 Å². The molecule has 2 rings (SSSR count). The van der Waals surface area contributed by atoms with Gasteiger partial charge in [-0.15, -0.1) is 0 Å². The fourth-order valence-electron chi connectivity index (χ4n) is 2.97. The van der Waals surface area contributed by atoms with E-state index in [1.165, 1.54) is 0 Å². The number of alkyl halides is 3. The second kappa shape index (κ2) is 4.46. The number of hydrogen-bond donors (Lipinski definition) is 0. The van der Waals surface area contributed by atoms with Crippen molar-refractivity contribution in [2.45, 2.75) is 55.7 Å². The van der Waals surface area contributed by atoms with Gasteiger partial charge in [-0.2, -0.15) is 21.6 Å². The second-order valence-electron chi connectivity index (χ2n) is 4.84. The molecule has 0 aromatic carbocycles. The Morgan fingerprint density at radius 3 is 1.76 bits per heavy atom. The highest BCUT2D eigenvalue weighted by molar-refractivity contribution is 7.88. The lowest BCUT2D eigenvalue weighted by Crippen LogP contribution is -2.42. The Kier molecular flexibility index (Phi) is 3.46. The van der Waals surface area contributed by atoms with Crippen LogP contribution in [-0.2, 0) is 14.2 Å². The summed E-state index contributed by atoms with van der Waals surface area (Å²) in [5, 5.41) is 0. The van der Waals surface area contributed by atoms with Gasteiger partial charge in [0.15, 0.2) is 0 Å². The normalized spacial score (nSPS) is 30.4. The zero-order chi connectivity index (χ0) is 12.7. The molecule has 17 heavy (non-hydrogen) atoms. The van der Waals surface area contributed by atoms with Crippen molar-refractivity contribution in [3.8, 4) is 0 Å². The minimum absolute atomic E-state index is 0.0281. The first kappa shape index (κ1) is 13.2. The quantitative estimate of drug-likeness (QED) is 0.572. The standard InChI is InChI=1S/C9H14BF3O3S/c11-9(12,13)17(14,15)16-10-7-3-1-4-8(10)6-2-5-7/h7-8H,1-6H2. The van der Waals surface area contributed by atoms with Crippen molar-refractivity contribution >= 4 is 17.0 Å². The maximum atomic E-state index is 12.3. The summed E-state index contributed by atoms with van der Waals surface area (Å²) in [4.78, 5) is 0. The lowest BCUT2D eigenvalue weighted by molar-refractivity contribution is -0.0503. The van der Waals surface area contributed by atoms with E-state index in [1.807, 2.05) is 0 Å². The van der Waals surface area contributed by atoms with Crippen LogP contribution < -0.4 is 0 Å². The van der Waals surface area contributed by atoms with Gasteiger partial charge < -0.3 is 4.10 Å². The van der Waals surface area contributed by atoms with Gasteiger partial charge in [0.25, 0.3) is 0 Å². The molecule has 3 nitrogen and oxygen atoms in total. The Hall–Kier alpha value is -0.235. The molecule has 0 N–H and O–H groups in total. The maximum absolute atomic E-state index is 12.3. The Morgan fingerprint density at radius 1 is 1.00 bits per heavy atom. The summed E-state index contributed by atoms with van der Waals surface area (Å²) in [5.41, 5.74) is -5.31. The molecule has 0 aromatic heterocycles. The van der Waals surface area contributed by atoms with Crippen LogP contribution in [0.4, 0.5) is 13.2 Å². The molecule has 0 spiro atoms. The molecule has 2 saturated heterocycles. The maximum Gasteiger partial charge on any atom is 0.521 e. The van der Waals surface area contributed by atoms with E-state index in [0.717, 1.165) is 38.5 Å². The lowest BCUT2D eigenvalue weighted by atomic mass is 9.38. The first-order valence-corrected chi connectivity index (χ1v) is 7.21. The molecular formula is C9H14BF3O3S. The molecule has 0 aromatic rings. The lowest BCUT2D eigenvalue weighted by Gasteiger charge is -2.38. The summed E-state index contributed by atoms with van der Waals surface area (Å²) < 4.78 is 63.2. The molecule has 2 aliphatic heterocycles. The van der Waals surface area contributed by atoms with E-state index in [1.54, 1.807) is 0 Å². The van der Waals surface area contributed by atoms with Crippen molar-refractivity contribution in [2.75, 3.05) is 0 Å². The van der Waals surface area contributed by atoms with Crippen LogP contribution in [-0.4, -0.2) is 20.8 Å². The van der Waals surface area contributed by atoms with Crippen molar-refractivity contribution in [1.29, 1.82) is 0 Å². The molecule has 98 valence electrons. The molecule has 0 unspecified atom stereocenters. The van der Waals surface area contributed by atoms with Gasteiger partial charge in [0.05, 0.1) is 0 Å². The van der Waals surface area contributed by atoms with E-state index in [0.29, 0.717) is 0 Å². The first-order valence-electron chi connectivity index (χ1n) is 5.81. The van der Waals surface area contributed by atoms with E-state index in [4.69, 9.17) is 0 Å². The van der Waals surface area contributed by atoms with Crippen molar-refractivity contribution in [3.63, 3.8) is 0 Å². The second-order valence-corrected chi connectivity index (χ2v) is 6.41. The van der Waals surface area contributed by atoms with Crippen LogP contribution in [0.25, 0.3) is 0 Å². The molecule has 0 radical (unpaired) electrons. The van der Waals surface area contributed by atoms with Gasteiger partial charge in [0.2, 0.25) is 0 Å². The van der Waals surface area contributed by atoms with Crippen LogP contribution in [0.15, 0.2) is 0 Å². The van der Waals surface area contributed by atoms with Crippen molar-refractivity contribution in [2.24, 2.45) is 0 Å². The average molecular weight is 270 g/mol. The van der Waals surface area contributed by atoms with E-state index < -0.39 is 22.5 Å². The fraction of sp³-hybridized carbons (Fsp3) is 1.00. The predicted octanol–water partition coefficient (Wildman–Crippen LogP) is 2.95. The molecule has 0 amide bonds. The summed E-state index contributed by atoms with van der Waals surface area (Å²) in [6.45, 7) is -0.760. The van der Waals surface area contributed by atoms with Crippen LogP contribution >= 0.6 is 0 Å². The highest BCUT2D eigenvalue weighted by Gasteiger charge is 2.52. The molecule has 8 heteroatoms. The largest absolute Gasteiger partial charge is 0.521 e. The van der Waals surface area contributed by atoms with Crippen LogP contribution in [0.1, 0.15) is 38.5 Å². The molecule has 0 atom stereocenters. The average Bonchev–Trinajstić information content (AvgIpc) is 2.14. The third kappa shape index (κ3) is 2.62. The summed E-state index contributed by atoms with van der Waals surface area (Å²) in [6.07, 6.45) is 5.01. The number of hydrogen-bond acceptors (Lipinski definition) is 3. The highest BCUT2D eigenvalue weighted by Crippen LogP contribution is 2.47. The van der Waals surface area contributed by atoms with Gasteiger partial charge in [-0.25, -0.2) is 0 Å². The number of fused-ring (bicyclic) bond motifs is 2. The molecule has 2 aliphatic rings. The van der Waals surface area contributed by atoms with Gasteiger partial charge >= 0.3 is 22.5 Å². The Morgan fingerprint density at radius 2 is 1.41 bits per heavy atom. The van der Waals surface area contributed by atoms with Crippen LogP contribution in [0, 0.1) is 0 Å². The monoisotopic (exact) mass is 270 g/mol. The summed E-state index contributed by atoms with van der Waals surface area (Å²) >= 11 is 0. The van der Waals surface area contributed by atoms with Gasteiger partial charge in [-0.1, -0.05) is 38.5 Å². The summed E-state index contributed by atoms with van der Waals surface area (Å²) in [5.74, 6) is -0.0563. The summed E-state index contributed by atoms with van der Waals surface area (Å²) in [6, 6.07) is 0. The number of rotatable bonds is 2. The molecular weight excluding hydrogens is 256 g/mol. The van der Waals surface area contributed by atoms with E-state index in [9.17, 15) is 21.6 Å². The minimum atomic E-state index is -5.44. The molecule has 2 fully saturated rings. The van der Waals surface area contributed by atoms with Gasteiger partial charge in [0, 0.05) is 0 Å². The SMILES string of the molecule is O=S(=O)(OB1C2CCCC1CCC2)C(F)(F)F. The summed E-state index contributed by atoms with van der Waals surface area (Å²) in [7, 11) is -5.44. The van der Waals surface area contributed by atoms with Gasteiger partial charge in [-0.05, 0) is 11.6 Å². The van der Waals surface area contributed by atoms with Gasteiger partial charge in [-0.3, -0.25) is 0 Å². The zero-order valence-electron chi connectivity index (χ0n) is 9.24. The van der Waals surface area contributed by atoms with E-state index >= 15 is 0 Å². The Bertz CT molecular complexity index is 359. The van der Waals surface area contributed by atoms with E-state index in [-0.39, 0.29) is 11.6 Å². The van der Waals surface area contributed by atoms with Gasteiger partial charge in [0.1, 0.15) is 0 Å². The van der Waals surface area contributed by atoms with Crippen LogP contribution in [0.5, 0.6) is 0 Å². The first-order chi connectivity index (χ1) is 7.81. The highest BCUT2D eigenvalue weighted by atomic mass is 32.2. The van der Waals surface area contributed by atoms with Crippen molar-refractivity contribution in [3.05, 3.63) is 0 Å². The van der Waals surface area contributed by atoms with Crippen LogP contribution in [0.3, 0.4) is 0 Å². The number of halogens is 3. The van der Waals surface area contributed by atoms with E-state index in [2.05, 4.69) is 4.10 Å². The third-order valence-corrected chi connectivity index (χ3v) is 4.79. The third-order valence-electron chi connectivity index (χ3n) is 3.75.